The average Bonchev–Trinajstić information content (AvgIpc) is 2.47. The lowest BCUT2D eigenvalue weighted by atomic mass is 10.1. The Balaban J connectivity index is 2.57. The van der Waals surface area contributed by atoms with E-state index in [9.17, 15) is 4.79 Å². The highest BCUT2D eigenvalue weighted by Crippen LogP contribution is 2.11. The van der Waals surface area contributed by atoms with Crippen molar-refractivity contribution in [1.82, 2.24) is 10.3 Å². The van der Waals surface area contributed by atoms with Gasteiger partial charge in [-0.3, -0.25) is 4.79 Å². The highest BCUT2D eigenvalue weighted by Gasteiger charge is 2.09. The first-order valence-electron chi connectivity index (χ1n) is 7.22. The van der Waals surface area contributed by atoms with Crippen molar-refractivity contribution in [2.24, 2.45) is 5.92 Å². The summed E-state index contributed by atoms with van der Waals surface area (Å²) in [5.74, 6) is 1.04. The largest absolute Gasteiger partial charge is 0.396 e. The van der Waals surface area contributed by atoms with Crippen LogP contribution < -0.4 is 10.2 Å². The quantitative estimate of drug-likeness (QED) is 0.760. The molecule has 1 rings (SSSR count). The monoisotopic (exact) mass is 279 g/mol. The first-order valence-corrected chi connectivity index (χ1v) is 7.22. The van der Waals surface area contributed by atoms with E-state index in [1.807, 2.05) is 13.0 Å². The molecule has 5 heteroatoms. The summed E-state index contributed by atoms with van der Waals surface area (Å²) < 4.78 is 0. The maximum absolute atomic E-state index is 11.9. The van der Waals surface area contributed by atoms with Gasteiger partial charge in [-0.05, 0) is 38.3 Å². The van der Waals surface area contributed by atoms with Gasteiger partial charge in [-0.15, -0.1) is 0 Å². The Morgan fingerprint density at radius 3 is 2.60 bits per heavy atom. The smallest absolute Gasteiger partial charge is 0.252 e. The maximum Gasteiger partial charge on any atom is 0.252 e. The summed E-state index contributed by atoms with van der Waals surface area (Å²) in [5, 5.41) is 11.7. The van der Waals surface area contributed by atoms with E-state index in [-0.39, 0.29) is 18.4 Å². The molecule has 0 aliphatic heterocycles. The zero-order valence-corrected chi connectivity index (χ0v) is 12.6. The van der Waals surface area contributed by atoms with Crippen LogP contribution in [0, 0.1) is 5.92 Å². The molecule has 1 amide bonds. The fourth-order valence-electron chi connectivity index (χ4n) is 1.95. The Morgan fingerprint density at radius 1 is 1.40 bits per heavy atom. The number of pyridine rings is 1. The van der Waals surface area contributed by atoms with Crippen molar-refractivity contribution in [3.05, 3.63) is 23.9 Å². The lowest BCUT2D eigenvalue weighted by Crippen LogP contribution is -2.29. The molecule has 1 aromatic heterocycles. The highest BCUT2D eigenvalue weighted by atomic mass is 16.3. The lowest BCUT2D eigenvalue weighted by Gasteiger charge is -2.19. The van der Waals surface area contributed by atoms with Gasteiger partial charge in [-0.1, -0.05) is 6.92 Å². The number of aliphatic hydroxyl groups is 1. The van der Waals surface area contributed by atoms with Gasteiger partial charge in [0, 0.05) is 32.4 Å². The third kappa shape index (κ3) is 4.81. The molecule has 0 saturated carbocycles. The number of aliphatic hydroxyl groups excluding tert-OH is 1. The molecule has 0 fully saturated rings. The van der Waals surface area contributed by atoms with Crippen molar-refractivity contribution in [3.63, 3.8) is 0 Å². The van der Waals surface area contributed by atoms with Crippen LogP contribution in [0.25, 0.3) is 0 Å². The molecule has 0 aromatic carbocycles. The molecule has 5 nitrogen and oxygen atoms in total. The summed E-state index contributed by atoms with van der Waals surface area (Å²) in [5.41, 5.74) is 0.567. The minimum absolute atomic E-state index is 0.117. The molecular formula is C15H25N3O2. The normalized spacial score (nSPS) is 12.0. The van der Waals surface area contributed by atoms with Crippen LogP contribution in [0.2, 0.25) is 0 Å². The Bertz CT molecular complexity index is 402. The second-order valence-corrected chi connectivity index (χ2v) is 4.90. The van der Waals surface area contributed by atoms with E-state index in [0.29, 0.717) is 18.5 Å². The zero-order chi connectivity index (χ0) is 15.0. The molecule has 20 heavy (non-hydrogen) atoms. The van der Waals surface area contributed by atoms with E-state index in [1.54, 1.807) is 12.3 Å². The molecule has 1 unspecified atom stereocenters. The van der Waals surface area contributed by atoms with Crippen molar-refractivity contribution in [1.29, 1.82) is 0 Å². The number of anilines is 1. The number of amides is 1. The summed E-state index contributed by atoms with van der Waals surface area (Å²) >= 11 is 0. The molecule has 1 atom stereocenters. The standard InChI is InChI=1S/C15H25N3O2/c1-4-18(5-2)14-7-6-13(11-16-14)15(20)17-10-12(3)8-9-19/h6-7,11-12,19H,4-5,8-10H2,1-3H3,(H,17,20). The van der Waals surface area contributed by atoms with Gasteiger partial charge in [0.05, 0.1) is 5.56 Å². The second-order valence-electron chi connectivity index (χ2n) is 4.90. The van der Waals surface area contributed by atoms with E-state index >= 15 is 0 Å². The first kappa shape index (κ1) is 16.4. The van der Waals surface area contributed by atoms with E-state index in [2.05, 4.69) is 29.0 Å². The van der Waals surface area contributed by atoms with Gasteiger partial charge in [0.15, 0.2) is 0 Å². The van der Waals surface area contributed by atoms with Crippen molar-refractivity contribution in [2.45, 2.75) is 27.2 Å². The molecule has 0 radical (unpaired) electrons. The second kappa shape index (κ2) is 8.53. The van der Waals surface area contributed by atoms with Gasteiger partial charge < -0.3 is 15.3 Å². The predicted molar refractivity (Wildman–Crippen MR) is 81.0 cm³/mol. The number of aromatic nitrogens is 1. The number of carbonyl (C=O) groups is 1. The topological polar surface area (TPSA) is 65.5 Å². The molecule has 0 saturated heterocycles. The number of nitrogens with zero attached hydrogens (tertiary/aromatic N) is 2. The molecule has 0 aliphatic rings. The summed E-state index contributed by atoms with van der Waals surface area (Å²) in [4.78, 5) is 18.4. The molecular weight excluding hydrogens is 254 g/mol. The van der Waals surface area contributed by atoms with Crippen LogP contribution in [0.15, 0.2) is 18.3 Å². The molecule has 2 N–H and O–H groups in total. The number of rotatable bonds is 8. The Hall–Kier alpha value is -1.62. The minimum atomic E-state index is -0.117. The van der Waals surface area contributed by atoms with Crippen LogP contribution in [-0.4, -0.2) is 42.2 Å². The lowest BCUT2D eigenvalue weighted by molar-refractivity contribution is 0.0945. The molecule has 0 aliphatic carbocycles. The first-order chi connectivity index (χ1) is 9.62. The zero-order valence-electron chi connectivity index (χ0n) is 12.6. The predicted octanol–water partition coefficient (Wildman–Crippen LogP) is 1.68. The van der Waals surface area contributed by atoms with E-state index in [1.165, 1.54) is 0 Å². The summed E-state index contributed by atoms with van der Waals surface area (Å²) in [6.07, 6.45) is 2.30. The van der Waals surface area contributed by atoms with Crippen molar-refractivity contribution >= 4 is 11.7 Å². The molecule has 0 bridgehead atoms. The van der Waals surface area contributed by atoms with Gasteiger partial charge in [-0.2, -0.15) is 0 Å². The van der Waals surface area contributed by atoms with E-state index in [4.69, 9.17) is 5.11 Å². The fourth-order valence-corrected chi connectivity index (χ4v) is 1.95. The number of hydrogen-bond acceptors (Lipinski definition) is 4. The number of nitrogens with one attached hydrogen (secondary N) is 1. The molecule has 1 heterocycles. The van der Waals surface area contributed by atoms with Gasteiger partial charge >= 0.3 is 0 Å². The fraction of sp³-hybridized carbons (Fsp3) is 0.600. The summed E-state index contributed by atoms with van der Waals surface area (Å²) in [7, 11) is 0. The minimum Gasteiger partial charge on any atom is -0.396 e. The van der Waals surface area contributed by atoms with Crippen LogP contribution in [-0.2, 0) is 0 Å². The molecule has 1 aromatic rings. The maximum atomic E-state index is 11.9. The van der Waals surface area contributed by atoms with Crippen molar-refractivity contribution in [2.75, 3.05) is 31.1 Å². The Morgan fingerprint density at radius 2 is 2.10 bits per heavy atom. The number of carbonyl (C=O) groups excluding carboxylic acids is 1. The van der Waals surface area contributed by atoms with Gasteiger partial charge in [0.1, 0.15) is 5.82 Å². The van der Waals surface area contributed by atoms with E-state index < -0.39 is 0 Å². The van der Waals surface area contributed by atoms with E-state index in [0.717, 1.165) is 18.9 Å². The van der Waals surface area contributed by atoms with Gasteiger partial charge in [0.25, 0.3) is 5.91 Å². The summed E-state index contributed by atoms with van der Waals surface area (Å²) in [6, 6.07) is 3.67. The number of hydrogen-bond donors (Lipinski definition) is 2. The SMILES string of the molecule is CCN(CC)c1ccc(C(=O)NCC(C)CCO)cn1. The third-order valence-electron chi connectivity index (χ3n) is 3.33. The molecule has 112 valence electrons. The molecule has 0 spiro atoms. The average molecular weight is 279 g/mol. The van der Waals surface area contributed by atoms with Gasteiger partial charge in [-0.25, -0.2) is 4.98 Å². The summed E-state index contributed by atoms with van der Waals surface area (Å²) in [6.45, 7) is 8.66. The van der Waals surface area contributed by atoms with Gasteiger partial charge in [0.2, 0.25) is 0 Å². The van der Waals surface area contributed by atoms with Crippen LogP contribution >= 0.6 is 0 Å². The van der Waals surface area contributed by atoms with Crippen molar-refractivity contribution in [3.8, 4) is 0 Å². The highest BCUT2D eigenvalue weighted by molar-refractivity contribution is 5.94. The van der Waals surface area contributed by atoms with Crippen molar-refractivity contribution < 1.29 is 9.90 Å². The third-order valence-corrected chi connectivity index (χ3v) is 3.33. The Labute approximate surface area is 121 Å². The van der Waals surface area contributed by atoms with Crippen LogP contribution in [0.1, 0.15) is 37.6 Å². The Kier molecular flexibility index (Phi) is 7.01. The van der Waals surface area contributed by atoms with Crippen LogP contribution in [0.4, 0.5) is 5.82 Å². The van der Waals surface area contributed by atoms with Crippen LogP contribution in [0.3, 0.4) is 0 Å². The van der Waals surface area contributed by atoms with Crippen LogP contribution in [0.5, 0.6) is 0 Å².